The molecule has 2 N–H and O–H groups in total. The van der Waals surface area contributed by atoms with E-state index < -0.39 is 0 Å². The summed E-state index contributed by atoms with van der Waals surface area (Å²) in [5.74, 6) is 0. The third kappa shape index (κ3) is 2.30. The molecule has 2 amide bonds. The van der Waals surface area contributed by atoms with Gasteiger partial charge in [-0.05, 0) is 36.3 Å². The molecule has 1 aliphatic carbocycles. The van der Waals surface area contributed by atoms with Gasteiger partial charge in [-0.25, -0.2) is 10.3 Å². The Balaban J connectivity index is 2.03. The van der Waals surface area contributed by atoms with E-state index in [1.807, 2.05) is 0 Å². The third-order valence-electron chi connectivity index (χ3n) is 2.54. The van der Waals surface area contributed by atoms with Gasteiger partial charge in [0.1, 0.15) is 0 Å². The standard InChI is InChI=1S/C10H14N2O2S/c1-14-12-10(13)11-8-4-2-3-7-5-6-15-9(7)8/h5-6,8H,2-4H2,1H3,(H2,11,12,13). The summed E-state index contributed by atoms with van der Waals surface area (Å²) in [6, 6.07) is 2.01. The van der Waals surface area contributed by atoms with E-state index in [9.17, 15) is 4.79 Å². The van der Waals surface area contributed by atoms with E-state index in [-0.39, 0.29) is 12.1 Å². The number of nitrogens with one attached hydrogen (secondary N) is 2. The van der Waals surface area contributed by atoms with Gasteiger partial charge in [-0.2, -0.15) is 0 Å². The van der Waals surface area contributed by atoms with Gasteiger partial charge < -0.3 is 5.32 Å². The van der Waals surface area contributed by atoms with E-state index in [4.69, 9.17) is 0 Å². The molecule has 0 aromatic carbocycles. The maximum Gasteiger partial charge on any atom is 0.339 e. The molecule has 0 saturated heterocycles. The van der Waals surface area contributed by atoms with Crippen LogP contribution in [0.25, 0.3) is 0 Å². The van der Waals surface area contributed by atoms with E-state index in [0.717, 1.165) is 19.3 Å². The second kappa shape index (κ2) is 4.63. The first-order valence-corrected chi connectivity index (χ1v) is 5.85. The van der Waals surface area contributed by atoms with E-state index >= 15 is 0 Å². The molecular weight excluding hydrogens is 212 g/mol. The van der Waals surface area contributed by atoms with Crippen molar-refractivity contribution in [1.29, 1.82) is 0 Å². The van der Waals surface area contributed by atoms with Crippen LogP contribution in [-0.2, 0) is 11.3 Å². The van der Waals surface area contributed by atoms with Gasteiger partial charge >= 0.3 is 6.03 Å². The second-order valence-corrected chi connectivity index (χ2v) is 4.48. The number of hydroxylamine groups is 1. The lowest BCUT2D eigenvalue weighted by atomic mass is 9.95. The monoisotopic (exact) mass is 226 g/mol. The fourth-order valence-corrected chi connectivity index (χ4v) is 2.95. The lowest BCUT2D eigenvalue weighted by Crippen LogP contribution is -2.38. The molecule has 0 bridgehead atoms. The average molecular weight is 226 g/mol. The Morgan fingerprint density at radius 2 is 2.53 bits per heavy atom. The van der Waals surface area contributed by atoms with Crippen LogP contribution in [0, 0.1) is 0 Å². The highest BCUT2D eigenvalue weighted by Gasteiger charge is 2.22. The summed E-state index contributed by atoms with van der Waals surface area (Å²) in [4.78, 5) is 17.1. The first-order valence-electron chi connectivity index (χ1n) is 4.97. The fraction of sp³-hybridized carbons (Fsp3) is 0.500. The molecule has 4 nitrogen and oxygen atoms in total. The van der Waals surface area contributed by atoms with Crippen LogP contribution in [0.3, 0.4) is 0 Å². The number of fused-ring (bicyclic) bond motifs is 1. The summed E-state index contributed by atoms with van der Waals surface area (Å²) < 4.78 is 0. The summed E-state index contributed by atoms with van der Waals surface area (Å²) in [5.41, 5.74) is 3.64. The van der Waals surface area contributed by atoms with Crippen LogP contribution in [0.2, 0.25) is 0 Å². The zero-order valence-corrected chi connectivity index (χ0v) is 9.39. The van der Waals surface area contributed by atoms with Crippen molar-refractivity contribution in [3.63, 3.8) is 0 Å². The van der Waals surface area contributed by atoms with Gasteiger partial charge in [-0.3, -0.25) is 4.84 Å². The molecular formula is C10H14N2O2S. The van der Waals surface area contributed by atoms with Gasteiger partial charge in [-0.1, -0.05) is 0 Å². The van der Waals surface area contributed by atoms with Gasteiger partial charge in [-0.15, -0.1) is 11.3 Å². The van der Waals surface area contributed by atoms with Crippen molar-refractivity contribution in [2.45, 2.75) is 25.3 Å². The van der Waals surface area contributed by atoms with Crippen LogP contribution in [0.4, 0.5) is 4.79 Å². The number of urea groups is 1. The molecule has 0 saturated carbocycles. The molecule has 1 aromatic rings. The van der Waals surface area contributed by atoms with Crippen LogP contribution in [-0.4, -0.2) is 13.1 Å². The number of aryl methyl sites for hydroxylation is 1. The van der Waals surface area contributed by atoms with E-state index in [1.165, 1.54) is 17.6 Å². The Bertz CT molecular complexity index is 351. The molecule has 1 aromatic heterocycles. The number of amides is 2. The molecule has 82 valence electrons. The van der Waals surface area contributed by atoms with Crippen molar-refractivity contribution in [2.75, 3.05) is 7.11 Å². The quantitative estimate of drug-likeness (QED) is 0.758. The summed E-state index contributed by atoms with van der Waals surface area (Å²) in [6.07, 6.45) is 3.26. The zero-order valence-electron chi connectivity index (χ0n) is 8.58. The minimum absolute atomic E-state index is 0.142. The zero-order chi connectivity index (χ0) is 10.7. The number of carbonyl (C=O) groups is 1. The minimum atomic E-state index is -0.274. The molecule has 0 fully saturated rings. The molecule has 0 radical (unpaired) electrons. The molecule has 1 atom stereocenters. The Kier molecular flexibility index (Phi) is 3.23. The number of thiophene rings is 1. The first kappa shape index (κ1) is 10.4. The predicted molar refractivity (Wildman–Crippen MR) is 58.7 cm³/mol. The molecule has 0 aliphatic heterocycles. The van der Waals surface area contributed by atoms with Crippen molar-refractivity contribution in [1.82, 2.24) is 10.8 Å². The van der Waals surface area contributed by atoms with Gasteiger partial charge in [0, 0.05) is 4.88 Å². The Morgan fingerprint density at radius 3 is 3.33 bits per heavy atom. The van der Waals surface area contributed by atoms with Crippen LogP contribution in [0.5, 0.6) is 0 Å². The molecule has 1 unspecified atom stereocenters. The maximum absolute atomic E-state index is 11.3. The maximum atomic E-state index is 11.3. The molecule has 1 heterocycles. The Labute approximate surface area is 92.6 Å². The van der Waals surface area contributed by atoms with Crippen molar-refractivity contribution < 1.29 is 9.63 Å². The molecule has 15 heavy (non-hydrogen) atoms. The number of carbonyl (C=O) groups excluding carboxylic acids is 1. The van der Waals surface area contributed by atoms with Crippen LogP contribution >= 0.6 is 11.3 Å². The van der Waals surface area contributed by atoms with Crippen LogP contribution < -0.4 is 10.8 Å². The summed E-state index contributed by atoms with van der Waals surface area (Å²) >= 11 is 1.71. The topological polar surface area (TPSA) is 50.4 Å². The Hall–Kier alpha value is -1.07. The van der Waals surface area contributed by atoms with Crippen molar-refractivity contribution in [3.05, 3.63) is 21.9 Å². The summed E-state index contributed by atoms with van der Waals surface area (Å²) in [7, 11) is 1.43. The van der Waals surface area contributed by atoms with Crippen LogP contribution in [0.1, 0.15) is 29.3 Å². The third-order valence-corrected chi connectivity index (χ3v) is 3.61. The number of rotatable bonds is 2. The predicted octanol–water partition coefficient (Wildman–Crippen LogP) is 1.99. The smallest absolute Gasteiger partial charge is 0.329 e. The second-order valence-electron chi connectivity index (χ2n) is 3.53. The normalized spacial score (nSPS) is 19.4. The molecule has 2 rings (SSSR count). The molecule has 1 aliphatic rings. The van der Waals surface area contributed by atoms with Crippen LogP contribution in [0.15, 0.2) is 11.4 Å². The van der Waals surface area contributed by atoms with Gasteiger partial charge in [0.05, 0.1) is 13.2 Å². The van der Waals surface area contributed by atoms with Crippen molar-refractivity contribution in [3.8, 4) is 0 Å². The van der Waals surface area contributed by atoms with Crippen molar-refractivity contribution in [2.24, 2.45) is 0 Å². The SMILES string of the molecule is CONC(=O)NC1CCCc2ccsc21. The lowest BCUT2D eigenvalue weighted by molar-refractivity contribution is 0.105. The van der Waals surface area contributed by atoms with E-state index in [2.05, 4.69) is 27.1 Å². The highest BCUT2D eigenvalue weighted by molar-refractivity contribution is 7.10. The average Bonchev–Trinajstić information content (AvgIpc) is 2.67. The molecule has 0 spiro atoms. The summed E-state index contributed by atoms with van der Waals surface area (Å²) in [5, 5.41) is 4.98. The molecule has 5 heteroatoms. The van der Waals surface area contributed by atoms with Gasteiger partial charge in [0.25, 0.3) is 0 Å². The first-order chi connectivity index (χ1) is 7.31. The Morgan fingerprint density at radius 1 is 1.67 bits per heavy atom. The summed E-state index contributed by atoms with van der Waals surface area (Å²) in [6.45, 7) is 0. The number of hydrogen-bond acceptors (Lipinski definition) is 3. The van der Waals surface area contributed by atoms with Gasteiger partial charge in [0.15, 0.2) is 0 Å². The largest absolute Gasteiger partial charge is 0.339 e. The lowest BCUT2D eigenvalue weighted by Gasteiger charge is -2.23. The minimum Gasteiger partial charge on any atom is -0.329 e. The fourth-order valence-electron chi connectivity index (χ4n) is 1.91. The highest BCUT2D eigenvalue weighted by atomic mass is 32.1. The highest BCUT2D eigenvalue weighted by Crippen LogP contribution is 2.33. The number of hydrogen-bond donors (Lipinski definition) is 2. The van der Waals surface area contributed by atoms with E-state index in [1.54, 1.807) is 11.3 Å². The van der Waals surface area contributed by atoms with Crippen molar-refractivity contribution >= 4 is 17.4 Å². The van der Waals surface area contributed by atoms with E-state index in [0.29, 0.717) is 0 Å². The van der Waals surface area contributed by atoms with Gasteiger partial charge in [0.2, 0.25) is 0 Å².